The lowest BCUT2D eigenvalue weighted by atomic mass is 9.67. The van der Waals surface area contributed by atoms with Crippen LogP contribution in [0.3, 0.4) is 0 Å². The highest BCUT2D eigenvalue weighted by Crippen LogP contribution is 2.57. The van der Waals surface area contributed by atoms with E-state index in [9.17, 15) is 0 Å². The number of nitrogens with zero attached hydrogens (tertiary/aromatic N) is 4. The third-order valence-corrected chi connectivity index (χ3v) is 11.6. The summed E-state index contributed by atoms with van der Waals surface area (Å²) in [5.74, 6) is 1.89. The Labute approximate surface area is 343 Å². The van der Waals surface area contributed by atoms with Crippen molar-refractivity contribution >= 4 is 10.9 Å². The van der Waals surface area contributed by atoms with Crippen molar-refractivity contribution in [1.82, 2.24) is 19.9 Å². The maximum Gasteiger partial charge on any atom is 0.164 e. The van der Waals surface area contributed by atoms with Crippen molar-refractivity contribution in [3.63, 3.8) is 0 Å². The summed E-state index contributed by atoms with van der Waals surface area (Å²) in [6, 6.07) is 77.0. The average Bonchev–Trinajstić information content (AvgIpc) is 3.61. The zero-order chi connectivity index (χ0) is 39.2. The molecule has 4 heteroatoms. The Morgan fingerprint density at radius 2 is 0.763 bits per heavy atom. The molecule has 4 nitrogen and oxygen atoms in total. The van der Waals surface area contributed by atoms with Crippen molar-refractivity contribution in [2.24, 2.45) is 0 Å². The molecule has 1 aliphatic rings. The Bertz CT molecular complexity index is 3030. The van der Waals surface area contributed by atoms with Crippen molar-refractivity contribution in [2.45, 2.75) is 5.41 Å². The highest BCUT2D eigenvalue weighted by atomic mass is 15.0. The van der Waals surface area contributed by atoms with E-state index in [4.69, 9.17) is 19.9 Å². The van der Waals surface area contributed by atoms with Crippen LogP contribution in [0.1, 0.15) is 22.3 Å². The van der Waals surface area contributed by atoms with Gasteiger partial charge in [0.15, 0.2) is 17.5 Å². The van der Waals surface area contributed by atoms with Gasteiger partial charge in [-0.3, -0.25) is 0 Å². The van der Waals surface area contributed by atoms with Crippen LogP contribution in [-0.2, 0) is 5.41 Å². The van der Waals surface area contributed by atoms with E-state index < -0.39 is 5.41 Å². The Kier molecular flexibility index (Phi) is 8.34. The molecule has 0 aliphatic heterocycles. The van der Waals surface area contributed by atoms with Crippen LogP contribution < -0.4 is 0 Å². The first-order valence-corrected chi connectivity index (χ1v) is 20.0. The Balaban J connectivity index is 1.16. The van der Waals surface area contributed by atoms with Crippen molar-refractivity contribution < 1.29 is 0 Å². The van der Waals surface area contributed by atoms with E-state index >= 15 is 0 Å². The molecule has 0 N–H and O–H groups in total. The molecule has 0 spiro atoms. The van der Waals surface area contributed by atoms with Gasteiger partial charge in [-0.2, -0.15) is 0 Å². The van der Waals surface area contributed by atoms with Crippen molar-refractivity contribution in [3.05, 3.63) is 241 Å². The molecule has 59 heavy (non-hydrogen) atoms. The molecule has 0 atom stereocenters. The molecule has 11 rings (SSSR count). The molecule has 1 aliphatic carbocycles. The van der Waals surface area contributed by atoms with Crippen LogP contribution in [-0.4, -0.2) is 19.9 Å². The average molecular weight is 753 g/mol. The van der Waals surface area contributed by atoms with Gasteiger partial charge in [-0.15, -0.1) is 0 Å². The monoisotopic (exact) mass is 752 g/mol. The number of aromatic nitrogens is 4. The van der Waals surface area contributed by atoms with Gasteiger partial charge >= 0.3 is 0 Å². The van der Waals surface area contributed by atoms with Crippen LogP contribution >= 0.6 is 0 Å². The third kappa shape index (κ3) is 5.84. The normalized spacial score (nSPS) is 12.5. The van der Waals surface area contributed by atoms with Crippen LogP contribution in [0.5, 0.6) is 0 Å². The van der Waals surface area contributed by atoms with Crippen LogP contribution in [0.15, 0.2) is 218 Å². The Morgan fingerprint density at radius 3 is 1.36 bits per heavy atom. The summed E-state index contributed by atoms with van der Waals surface area (Å²) in [4.78, 5) is 20.6. The molecule has 0 amide bonds. The maximum atomic E-state index is 5.46. The largest absolute Gasteiger partial charge is 0.248 e. The van der Waals surface area contributed by atoms with Crippen LogP contribution in [0.2, 0.25) is 0 Å². The highest BCUT2D eigenvalue weighted by Gasteiger charge is 2.46. The number of fused-ring (bicyclic) bond motifs is 4. The molecule has 8 aromatic carbocycles. The molecular formula is C55H36N4. The van der Waals surface area contributed by atoms with E-state index in [-0.39, 0.29) is 0 Å². The van der Waals surface area contributed by atoms with Gasteiger partial charge in [-0.25, -0.2) is 19.9 Å². The SMILES string of the molecule is c1ccc(-c2cc(-c3cccc(-c4nc(-c5ccccc5)nc(-c5ccccc5)n4)c3)c3cc4c(cc3n2)C(c2ccccc2)(c2ccccc2)c2ccccc2-4)cc1. The van der Waals surface area contributed by atoms with E-state index in [0.717, 1.165) is 50.0 Å². The first-order chi connectivity index (χ1) is 29.2. The lowest BCUT2D eigenvalue weighted by Gasteiger charge is -2.34. The lowest BCUT2D eigenvalue weighted by molar-refractivity contribution is 0.769. The number of hydrogen-bond donors (Lipinski definition) is 0. The zero-order valence-corrected chi connectivity index (χ0v) is 32.1. The van der Waals surface area contributed by atoms with Gasteiger partial charge in [0.2, 0.25) is 0 Å². The van der Waals surface area contributed by atoms with E-state index in [1.807, 2.05) is 60.7 Å². The minimum atomic E-state index is -0.529. The first-order valence-electron chi connectivity index (χ1n) is 20.0. The first kappa shape index (κ1) is 34.4. The standard InChI is InChI=1S/C55H36N4/c1-6-19-37(20-7-1)50-35-45(40-25-18-26-41(33-40)54-58-52(38-21-8-2-9-22-38)57-53(59-54)39-23-10-3-11-24-39)47-34-46-44-31-16-17-32-48(44)55(42-27-12-4-13-28-42,43-29-14-5-15-30-43)49(46)36-51(47)56-50/h1-36H. The number of rotatable bonds is 7. The predicted octanol–water partition coefficient (Wildman–Crippen LogP) is 13.1. The van der Waals surface area contributed by atoms with Crippen LogP contribution in [0.25, 0.3) is 78.6 Å². The summed E-state index contributed by atoms with van der Waals surface area (Å²) in [5, 5.41) is 1.08. The molecule has 0 bridgehead atoms. The second kappa shape index (κ2) is 14.3. The summed E-state index contributed by atoms with van der Waals surface area (Å²) < 4.78 is 0. The second-order valence-corrected chi connectivity index (χ2v) is 15.0. The van der Waals surface area contributed by atoms with Gasteiger partial charge in [0.25, 0.3) is 0 Å². The summed E-state index contributed by atoms with van der Waals surface area (Å²) >= 11 is 0. The summed E-state index contributed by atoms with van der Waals surface area (Å²) in [6.45, 7) is 0. The summed E-state index contributed by atoms with van der Waals surface area (Å²) in [7, 11) is 0. The van der Waals surface area contributed by atoms with Gasteiger partial charge in [-0.05, 0) is 68.8 Å². The van der Waals surface area contributed by atoms with Gasteiger partial charge in [0.05, 0.1) is 16.6 Å². The Morgan fingerprint density at radius 1 is 0.288 bits per heavy atom. The van der Waals surface area contributed by atoms with Crippen LogP contribution in [0, 0.1) is 0 Å². The third-order valence-electron chi connectivity index (χ3n) is 11.6. The smallest absolute Gasteiger partial charge is 0.164 e. The molecular weight excluding hydrogens is 717 g/mol. The molecule has 0 radical (unpaired) electrons. The second-order valence-electron chi connectivity index (χ2n) is 15.0. The summed E-state index contributed by atoms with van der Waals surface area (Å²) in [5.41, 5.74) is 14.7. The van der Waals surface area contributed by atoms with Gasteiger partial charge in [0, 0.05) is 27.6 Å². The molecule has 0 fully saturated rings. The van der Waals surface area contributed by atoms with Gasteiger partial charge in [0.1, 0.15) is 0 Å². The van der Waals surface area contributed by atoms with E-state index in [1.54, 1.807) is 0 Å². The number of pyridine rings is 1. The molecule has 276 valence electrons. The van der Waals surface area contributed by atoms with Crippen molar-refractivity contribution in [3.8, 4) is 67.7 Å². The molecule has 2 heterocycles. The molecule has 10 aromatic rings. The van der Waals surface area contributed by atoms with Gasteiger partial charge in [-0.1, -0.05) is 194 Å². The van der Waals surface area contributed by atoms with E-state index in [1.165, 1.54) is 33.4 Å². The molecule has 0 saturated heterocycles. The minimum absolute atomic E-state index is 0.529. The molecule has 0 unspecified atom stereocenters. The zero-order valence-electron chi connectivity index (χ0n) is 32.1. The van der Waals surface area contributed by atoms with Crippen molar-refractivity contribution in [1.29, 1.82) is 0 Å². The number of benzene rings is 8. The molecule has 2 aromatic heterocycles. The fourth-order valence-corrected chi connectivity index (χ4v) is 8.92. The molecule has 0 saturated carbocycles. The summed E-state index contributed by atoms with van der Waals surface area (Å²) in [6.07, 6.45) is 0. The van der Waals surface area contributed by atoms with Crippen LogP contribution in [0.4, 0.5) is 0 Å². The maximum absolute atomic E-state index is 5.46. The fourth-order valence-electron chi connectivity index (χ4n) is 8.92. The fraction of sp³-hybridized carbons (Fsp3) is 0.0182. The van der Waals surface area contributed by atoms with E-state index in [0.29, 0.717) is 17.5 Å². The van der Waals surface area contributed by atoms with Crippen molar-refractivity contribution in [2.75, 3.05) is 0 Å². The quantitative estimate of drug-likeness (QED) is 0.163. The topological polar surface area (TPSA) is 51.6 Å². The lowest BCUT2D eigenvalue weighted by Crippen LogP contribution is -2.28. The predicted molar refractivity (Wildman–Crippen MR) is 240 cm³/mol. The minimum Gasteiger partial charge on any atom is -0.248 e. The van der Waals surface area contributed by atoms with E-state index in [2.05, 4.69) is 158 Å². The highest BCUT2D eigenvalue weighted by molar-refractivity contribution is 6.03. The Hall–Kier alpha value is -7.82. The van der Waals surface area contributed by atoms with Gasteiger partial charge < -0.3 is 0 Å². The number of hydrogen-bond acceptors (Lipinski definition) is 4.